The van der Waals surface area contributed by atoms with Crippen molar-refractivity contribution in [1.82, 2.24) is 4.57 Å². The minimum absolute atomic E-state index is 0.177. The van der Waals surface area contributed by atoms with Crippen LogP contribution < -0.4 is 4.90 Å². The first-order chi connectivity index (χ1) is 30.2. The average Bonchev–Trinajstić information content (AvgIpc) is 3.65. The maximum atomic E-state index is 14.8. The summed E-state index contributed by atoms with van der Waals surface area (Å²) in [6, 6.07) is 61.1. The molecule has 0 spiro atoms. The molecule has 0 aliphatic carbocycles. The molecule has 300 valence electrons. The van der Waals surface area contributed by atoms with Crippen LogP contribution in [-0.4, -0.2) is 4.57 Å². The molecule has 0 amide bonds. The minimum atomic E-state index is -2.21. The van der Waals surface area contributed by atoms with Gasteiger partial charge in [0.1, 0.15) is 5.82 Å². The molecule has 0 atom stereocenters. The number of halogens is 6. The highest BCUT2D eigenvalue weighted by Crippen LogP contribution is 2.41. The quantitative estimate of drug-likeness (QED) is 0.0842. The standard InChI is InChI=1S/C54H32F6N2/c55-40-21-11-34(12-22-40)35-13-23-42(24-14-35)61(44-27-17-37(18-28-44)49-50(56)52(58)54(60)53(59)51(49)57)43-25-15-36(16-26-43)39-20-30-48-46(32-39)45-31-38(33-7-3-1-4-8-33)19-29-47(45)62(48)41-9-5-2-6-10-41/h1-32H. The van der Waals surface area contributed by atoms with Crippen molar-refractivity contribution in [2.24, 2.45) is 0 Å². The molecule has 0 fully saturated rings. The van der Waals surface area contributed by atoms with Gasteiger partial charge in [0.25, 0.3) is 0 Å². The number of anilines is 3. The van der Waals surface area contributed by atoms with Gasteiger partial charge in [0.2, 0.25) is 5.82 Å². The third kappa shape index (κ3) is 6.76. The molecular formula is C54H32F6N2. The summed E-state index contributed by atoms with van der Waals surface area (Å²) in [5.74, 6) is -10.4. The number of benzene rings is 9. The second kappa shape index (κ2) is 15.6. The van der Waals surface area contributed by atoms with Gasteiger partial charge in [-0.1, -0.05) is 109 Å². The summed E-state index contributed by atoms with van der Waals surface area (Å²) < 4.78 is 87.9. The molecule has 10 aromatic rings. The summed E-state index contributed by atoms with van der Waals surface area (Å²) in [5.41, 5.74) is 9.93. The molecule has 2 nitrogen and oxygen atoms in total. The van der Waals surface area contributed by atoms with E-state index >= 15 is 0 Å². The Hall–Kier alpha value is -7.84. The smallest absolute Gasteiger partial charge is 0.200 e. The molecule has 0 bridgehead atoms. The van der Waals surface area contributed by atoms with Gasteiger partial charge in [-0.15, -0.1) is 0 Å². The van der Waals surface area contributed by atoms with E-state index < -0.39 is 34.6 Å². The second-order valence-corrected chi connectivity index (χ2v) is 14.9. The van der Waals surface area contributed by atoms with Gasteiger partial charge >= 0.3 is 0 Å². The number of aromatic nitrogens is 1. The van der Waals surface area contributed by atoms with Crippen molar-refractivity contribution >= 4 is 38.9 Å². The molecule has 0 aliphatic rings. The summed E-state index contributed by atoms with van der Waals surface area (Å²) in [5, 5.41) is 2.22. The van der Waals surface area contributed by atoms with E-state index in [2.05, 4.69) is 65.2 Å². The molecule has 10 rings (SSSR count). The normalized spacial score (nSPS) is 11.4. The van der Waals surface area contributed by atoms with Crippen LogP contribution in [0.2, 0.25) is 0 Å². The Labute approximate surface area is 352 Å². The van der Waals surface area contributed by atoms with Crippen molar-refractivity contribution in [1.29, 1.82) is 0 Å². The largest absolute Gasteiger partial charge is 0.311 e. The van der Waals surface area contributed by atoms with Crippen LogP contribution in [0.5, 0.6) is 0 Å². The molecule has 0 radical (unpaired) electrons. The second-order valence-electron chi connectivity index (χ2n) is 14.9. The van der Waals surface area contributed by atoms with Gasteiger partial charge in [0, 0.05) is 33.5 Å². The van der Waals surface area contributed by atoms with E-state index in [-0.39, 0.29) is 11.4 Å². The van der Waals surface area contributed by atoms with Gasteiger partial charge in [-0.05, 0) is 124 Å². The van der Waals surface area contributed by atoms with Crippen LogP contribution in [0.15, 0.2) is 194 Å². The molecule has 0 N–H and O–H groups in total. The fourth-order valence-corrected chi connectivity index (χ4v) is 8.20. The Morgan fingerprint density at radius 2 is 0.661 bits per heavy atom. The van der Waals surface area contributed by atoms with Crippen LogP contribution in [0.3, 0.4) is 0 Å². The Bertz CT molecular complexity index is 3230. The zero-order chi connectivity index (χ0) is 42.5. The molecule has 0 unspecified atom stereocenters. The Balaban J connectivity index is 1.06. The first-order valence-electron chi connectivity index (χ1n) is 19.8. The van der Waals surface area contributed by atoms with E-state index in [9.17, 15) is 26.3 Å². The lowest BCUT2D eigenvalue weighted by Gasteiger charge is -2.26. The molecule has 8 heteroatoms. The Morgan fingerprint density at radius 3 is 1.13 bits per heavy atom. The van der Waals surface area contributed by atoms with Gasteiger partial charge < -0.3 is 9.47 Å². The Kier molecular flexibility index (Phi) is 9.68. The van der Waals surface area contributed by atoms with Crippen molar-refractivity contribution < 1.29 is 26.3 Å². The lowest BCUT2D eigenvalue weighted by Crippen LogP contribution is -2.10. The van der Waals surface area contributed by atoms with Crippen molar-refractivity contribution in [3.63, 3.8) is 0 Å². The Morgan fingerprint density at radius 1 is 0.306 bits per heavy atom. The van der Waals surface area contributed by atoms with Gasteiger partial charge in [-0.25, -0.2) is 26.3 Å². The molecule has 9 aromatic carbocycles. The van der Waals surface area contributed by atoms with E-state index in [4.69, 9.17) is 0 Å². The van der Waals surface area contributed by atoms with E-state index in [1.54, 1.807) is 24.3 Å². The highest BCUT2D eigenvalue weighted by Gasteiger charge is 2.27. The SMILES string of the molecule is Fc1ccc(-c2ccc(N(c3ccc(-c4ccc5c(c4)c4cc(-c6ccccc6)ccc4n5-c4ccccc4)cc3)c3ccc(-c4c(F)c(F)c(F)c(F)c4F)cc3)cc2)cc1. The maximum absolute atomic E-state index is 14.8. The van der Waals surface area contributed by atoms with Crippen LogP contribution >= 0.6 is 0 Å². The van der Waals surface area contributed by atoms with Crippen LogP contribution in [0.1, 0.15) is 0 Å². The van der Waals surface area contributed by atoms with Gasteiger partial charge in [-0.3, -0.25) is 0 Å². The van der Waals surface area contributed by atoms with E-state index in [1.807, 2.05) is 89.8 Å². The van der Waals surface area contributed by atoms with E-state index in [0.717, 1.165) is 72.2 Å². The maximum Gasteiger partial charge on any atom is 0.200 e. The fraction of sp³-hybridized carbons (Fsp3) is 0. The third-order valence-corrected chi connectivity index (χ3v) is 11.3. The number of nitrogens with zero attached hydrogens (tertiary/aromatic N) is 2. The van der Waals surface area contributed by atoms with Crippen LogP contribution in [0.25, 0.3) is 72.0 Å². The van der Waals surface area contributed by atoms with Crippen LogP contribution in [0.4, 0.5) is 43.4 Å². The molecular weight excluding hydrogens is 791 g/mol. The minimum Gasteiger partial charge on any atom is -0.311 e. The van der Waals surface area contributed by atoms with Crippen molar-refractivity contribution in [3.05, 3.63) is 229 Å². The predicted octanol–water partition coefficient (Wildman–Crippen LogP) is 15.8. The summed E-state index contributed by atoms with van der Waals surface area (Å²) >= 11 is 0. The monoisotopic (exact) mass is 822 g/mol. The first-order valence-corrected chi connectivity index (χ1v) is 19.8. The summed E-state index contributed by atoms with van der Waals surface area (Å²) in [7, 11) is 0. The van der Waals surface area contributed by atoms with Crippen molar-refractivity contribution in [2.45, 2.75) is 0 Å². The number of hydrogen-bond donors (Lipinski definition) is 0. The zero-order valence-corrected chi connectivity index (χ0v) is 32.6. The van der Waals surface area contributed by atoms with E-state index in [1.165, 1.54) is 24.3 Å². The summed E-state index contributed by atoms with van der Waals surface area (Å²) in [6.07, 6.45) is 0. The van der Waals surface area contributed by atoms with Crippen molar-refractivity contribution in [2.75, 3.05) is 4.90 Å². The van der Waals surface area contributed by atoms with Crippen LogP contribution in [-0.2, 0) is 0 Å². The first kappa shape index (κ1) is 38.4. The lowest BCUT2D eigenvalue weighted by molar-refractivity contribution is 0.381. The molecule has 1 aromatic heterocycles. The lowest BCUT2D eigenvalue weighted by atomic mass is 10.00. The highest BCUT2D eigenvalue weighted by atomic mass is 19.2. The van der Waals surface area contributed by atoms with Gasteiger partial charge in [-0.2, -0.15) is 0 Å². The number of hydrogen-bond acceptors (Lipinski definition) is 1. The molecule has 0 aliphatic heterocycles. The fourth-order valence-electron chi connectivity index (χ4n) is 8.20. The molecule has 62 heavy (non-hydrogen) atoms. The average molecular weight is 823 g/mol. The van der Waals surface area contributed by atoms with Gasteiger partial charge in [0.15, 0.2) is 23.3 Å². The third-order valence-electron chi connectivity index (χ3n) is 11.3. The highest BCUT2D eigenvalue weighted by molar-refractivity contribution is 6.11. The topological polar surface area (TPSA) is 8.17 Å². The summed E-state index contributed by atoms with van der Waals surface area (Å²) in [4.78, 5) is 1.92. The molecule has 1 heterocycles. The number of fused-ring (bicyclic) bond motifs is 3. The molecule has 0 saturated heterocycles. The number of rotatable bonds is 8. The van der Waals surface area contributed by atoms with Gasteiger partial charge in [0.05, 0.1) is 16.6 Å². The van der Waals surface area contributed by atoms with Crippen LogP contribution in [0, 0.1) is 34.9 Å². The number of para-hydroxylation sites is 1. The zero-order valence-electron chi connectivity index (χ0n) is 32.6. The predicted molar refractivity (Wildman–Crippen MR) is 237 cm³/mol. The summed E-state index contributed by atoms with van der Waals surface area (Å²) in [6.45, 7) is 0. The molecule has 0 saturated carbocycles. The van der Waals surface area contributed by atoms with E-state index in [0.29, 0.717) is 5.69 Å². The van der Waals surface area contributed by atoms with Crippen molar-refractivity contribution in [3.8, 4) is 50.2 Å².